The maximum Gasteiger partial charge on any atom is 0.335 e. The lowest BCUT2D eigenvalue weighted by Crippen LogP contribution is -2.45. The lowest BCUT2D eigenvalue weighted by Gasteiger charge is -2.31. The smallest absolute Gasteiger partial charge is 0.335 e. The van der Waals surface area contributed by atoms with Crippen molar-refractivity contribution in [3.63, 3.8) is 0 Å². The minimum Gasteiger partial charge on any atom is -0.478 e. The van der Waals surface area contributed by atoms with Crippen LogP contribution in [0.5, 0.6) is 0 Å². The number of hydrogen-bond acceptors (Lipinski definition) is 3. The molecule has 0 saturated heterocycles. The molecule has 1 heterocycles. The van der Waals surface area contributed by atoms with E-state index in [0.29, 0.717) is 19.5 Å². The van der Waals surface area contributed by atoms with Crippen molar-refractivity contribution in [1.29, 1.82) is 0 Å². The number of hydrogen-bond donors (Lipinski definition) is 2. The van der Waals surface area contributed by atoms with Gasteiger partial charge in [-0.1, -0.05) is 25.8 Å². The maximum absolute atomic E-state index is 12.3. The van der Waals surface area contributed by atoms with Crippen LogP contribution in [-0.2, 0) is 17.8 Å². The predicted molar refractivity (Wildman–Crippen MR) is 80.0 cm³/mol. The SMILES string of the molecule is CCCCC(N)C(=O)N1CCc2ccc(C(=O)O)cc2C1. The lowest BCUT2D eigenvalue weighted by molar-refractivity contribution is -0.133. The molecule has 1 aromatic rings. The molecular formula is C16H22N2O3. The van der Waals surface area contributed by atoms with Crippen molar-refractivity contribution in [2.45, 2.75) is 45.2 Å². The van der Waals surface area contributed by atoms with Crippen LogP contribution in [0.4, 0.5) is 0 Å². The van der Waals surface area contributed by atoms with Crippen LogP contribution in [0.3, 0.4) is 0 Å². The van der Waals surface area contributed by atoms with E-state index in [9.17, 15) is 9.59 Å². The van der Waals surface area contributed by atoms with Gasteiger partial charge in [0.2, 0.25) is 5.91 Å². The standard InChI is InChI=1S/C16H22N2O3/c1-2-3-4-14(17)15(19)18-8-7-11-5-6-12(16(20)21)9-13(11)10-18/h5-6,9,14H,2-4,7-8,10,17H2,1H3,(H,20,21). The van der Waals surface area contributed by atoms with Gasteiger partial charge in [0, 0.05) is 13.1 Å². The molecule has 0 aromatic heterocycles. The third-order valence-corrected chi connectivity index (χ3v) is 3.96. The highest BCUT2D eigenvalue weighted by Crippen LogP contribution is 2.21. The van der Waals surface area contributed by atoms with Crippen LogP contribution in [0.2, 0.25) is 0 Å². The van der Waals surface area contributed by atoms with Crippen molar-refractivity contribution in [2.24, 2.45) is 5.73 Å². The molecule has 0 aliphatic carbocycles. The summed E-state index contributed by atoms with van der Waals surface area (Å²) in [6, 6.07) is 4.67. The van der Waals surface area contributed by atoms with E-state index in [1.807, 2.05) is 6.07 Å². The van der Waals surface area contributed by atoms with Gasteiger partial charge in [-0.25, -0.2) is 4.79 Å². The summed E-state index contributed by atoms with van der Waals surface area (Å²) in [6.07, 6.45) is 3.42. The van der Waals surface area contributed by atoms with E-state index >= 15 is 0 Å². The zero-order valence-corrected chi connectivity index (χ0v) is 12.3. The molecule has 3 N–H and O–H groups in total. The number of rotatable bonds is 5. The normalized spacial score (nSPS) is 15.4. The van der Waals surface area contributed by atoms with Gasteiger partial charge in [0.25, 0.3) is 0 Å². The molecule has 1 aliphatic rings. The largest absolute Gasteiger partial charge is 0.478 e. The molecule has 0 fully saturated rings. The van der Waals surface area contributed by atoms with Crippen LogP contribution in [0.15, 0.2) is 18.2 Å². The van der Waals surface area contributed by atoms with Gasteiger partial charge in [-0.3, -0.25) is 4.79 Å². The second-order valence-electron chi connectivity index (χ2n) is 5.55. The maximum atomic E-state index is 12.3. The van der Waals surface area contributed by atoms with Gasteiger partial charge in [0.05, 0.1) is 11.6 Å². The zero-order chi connectivity index (χ0) is 15.4. The number of carbonyl (C=O) groups excluding carboxylic acids is 1. The number of carboxylic acid groups (broad SMARTS) is 1. The molecule has 5 heteroatoms. The third-order valence-electron chi connectivity index (χ3n) is 3.96. The second kappa shape index (κ2) is 6.72. The van der Waals surface area contributed by atoms with E-state index in [4.69, 9.17) is 10.8 Å². The Bertz CT molecular complexity index is 542. The highest BCUT2D eigenvalue weighted by atomic mass is 16.4. The molecule has 1 aromatic carbocycles. The van der Waals surface area contributed by atoms with Crippen LogP contribution < -0.4 is 5.73 Å². The van der Waals surface area contributed by atoms with Crippen LogP contribution in [0.25, 0.3) is 0 Å². The average Bonchev–Trinajstić information content (AvgIpc) is 2.50. The van der Waals surface area contributed by atoms with E-state index in [2.05, 4.69) is 6.92 Å². The van der Waals surface area contributed by atoms with E-state index in [-0.39, 0.29) is 11.5 Å². The fourth-order valence-electron chi connectivity index (χ4n) is 2.66. The predicted octanol–water partition coefficient (Wildman–Crippen LogP) is 1.79. The van der Waals surface area contributed by atoms with Crippen molar-refractivity contribution in [1.82, 2.24) is 4.90 Å². The molecular weight excluding hydrogens is 268 g/mol. The van der Waals surface area contributed by atoms with E-state index in [0.717, 1.165) is 30.4 Å². The van der Waals surface area contributed by atoms with Crippen molar-refractivity contribution in [3.8, 4) is 0 Å². The van der Waals surface area contributed by atoms with Crippen molar-refractivity contribution in [3.05, 3.63) is 34.9 Å². The Morgan fingerprint density at radius 2 is 2.14 bits per heavy atom. The zero-order valence-electron chi connectivity index (χ0n) is 12.3. The molecule has 0 bridgehead atoms. The molecule has 5 nitrogen and oxygen atoms in total. The molecule has 1 unspecified atom stereocenters. The number of aromatic carboxylic acids is 1. The Hall–Kier alpha value is -1.88. The summed E-state index contributed by atoms with van der Waals surface area (Å²) >= 11 is 0. The molecule has 0 saturated carbocycles. The van der Waals surface area contributed by atoms with Crippen LogP contribution >= 0.6 is 0 Å². The molecule has 1 atom stereocenters. The summed E-state index contributed by atoms with van der Waals surface area (Å²) < 4.78 is 0. The molecule has 21 heavy (non-hydrogen) atoms. The monoisotopic (exact) mass is 290 g/mol. The molecule has 1 aliphatic heterocycles. The number of benzene rings is 1. The van der Waals surface area contributed by atoms with Crippen molar-refractivity contribution >= 4 is 11.9 Å². The van der Waals surface area contributed by atoms with Gasteiger partial charge in [-0.05, 0) is 36.1 Å². The summed E-state index contributed by atoms with van der Waals surface area (Å²) in [7, 11) is 0. The fraction of sp³-hybridized carbons (Fsp3) is 0.500. The lowest BCUT2D eigenvalue weighted by atomic mass is 9.96. The van der Waals surface area contributed by atoms with Gasteiger partial charge in [-0.2, -0.15) is 0 Å². The average molecular weight is 290 g/mol. The van der Waals surface area contributed by atoms with E-state index in [1.165, 1.54) is 0 Å². The first-order valence-corrected chi connectivity index (χ1v) is 7.42. The molecule has 114 valence electrons. The molecule has 2 rings (SSSR count). The fourth-order valence-corrected chi connectivity index (χ4v) is 2.66. The van der Waals surface area contributed by atoms with Crippen LogP contribution in [0, 0.1) is 0 Å². The third kappa shape index (κ3) is 3.61. The summed E-state index contributed by atoms with van der Waals surface area (Å²) in [4.78, 5) is 25.1. The van der Waals surface area contributed by atoms with Gasteiger partial charge in [0.15, 0.2) is 0 Å². The Morgan fingerprint density at radius 3 is 2.81 bits per heavy atom. The summed E-state index contributed by atoms with van der Waals surface area (Å²) in [5.41, 5.74) is 8.24. The van der Waals surface area contributed by atoms with Gasteiger partial charge in [0.1, 0.15) is 0 Å². The molecule has 0 radical (unpaired) electrons. The van der Waals surface area contributed by atoms with Gasteiger partial charge >= 0.3 is 5.97 Å². The van der Waals surface area contributed by atoms with Crippen LogP contribution in [0.1, 0.15) is 47.7 Å². The Kier molecular flexibility index (Phi) is 4.96. The number of amides is 1. The highest BCUT2D eigenvalue weighted by Gasteiger charge is 2.25. The van der Waals surface area contributed by atoms with Crippen molar-refractivity contribution in [2.75, 3.05) is 6.54 Å². The molecule has 0 spiro atoms. The van der Waals surface area contributed by atoms with E-state index < -0.39 is 12.0 Å². The van der Waals surface area contributed by atoms with Gasteiger partial charge in [-0.15, -0.1) is 0 Å². The number of fused-ring (bicyclic) bond motifs is 1. The first-order chi connectivity index (χ1) is 10.0. The minimum absolute atomic E-state index is 0.0326. The van der Waals surface area contributed by atoms with Crippen molar-refractivity contribution < 1.29 is 14.7 Å². The highest BCUT2D eigenvalue weighted by molar-refractivity contribution is 5.88. The second-order valence-corrected chi connectivity index (χ2v) is 5.55. The topological polar surface area (TPSA) is 83.6 Å². The Morgan fingerprint density at radius 1 is 1.38 bits per heavy atom. The number of unbranched alkanes of at least 4 members (excludes halogenated alkanes) is 1. The van der Waals surface area contributed by atoms with Crippen LogP contribution in [-0.4, -0.2) is 34.5 Å². The Balaban J connectivity index is 2.09. The molecule has 1 amide bonds. The first kappa shape index (κ1) is 15.5. The number of carboxylic acids is 1. The number of carbonyl (C=O) groups is 2. The Labute approximate surface area is 124 Å². The number of nitrogens with zero attached hydrogens (tertiary/aromatic N) is 1. The summed E-state index contributed by atoms with van der Waals surface area (Å²) in [5.74, 6) is -0.976. The quantitative estimate of drug-likeness (QED) is 0.866. The summed E-state index contributed by atoms with van der Waals surface area (Å²) in [6.45, 7) is 3.18. The van der Waals surface area contributed by atoms with E-state index in [1.54, 1.807) is 17.0 Å². The number of nitrogens with two attached hydrogens (primary N) is 1. The van der Waals surface area contributed by atoms with Gasteiger partial charge < -0.3 is 15.7 Å². The summed E-state index contributed by atoms with van der Waals surface area (Å²) in [5, 5.41) is 9.05. The first-order valence-electron chi connectivity index (χ1n) is 7.42. The minimum atomic E-state index is -0.944.